The van der Waals surface area contributed by atoms with Crippen molar-refractivity contribution in [1.82, 2.24) is 29.7 Å². The van der Waals surface area contributed by atoms with Crippen LogP contribution in [0.4, 0.5) is 0 Å². The zero-order valence-electron chi connectivity index (χ0n) is 11.5. The van der Waals surface area contributed by atoms with Crippen LogP contribution in [-0.2, 0) is 6.54 Å². The number of nitrogens with zero attached hydrogens (tertiary/aromatic N) is 4. The van der Waals surface area contributed by atoms with E-state index in [1.54, 1.807) is 12.4 Å². The van der Waals surface area contributed by atoms with Gasteiger partial charge in [0.2, 0.25) is 0 Å². The fourth-order valence-corrected chi connectivity index (χ4v) is 2.54. The van der Waals surface area contributed by atoms with Gasteiger partial charge in [-0.05, 0) is 11.5 Å². The predicted molar refractivity (Wildman–Crippen MR) is 81.3 cm³/mol. The maximum absolute atomic E-state index is 11.1. The summed E-state index contributed by atoms with van der Waals surface area (Å²) in [6.45, 7) is 0.440. The molecule has 0 amide bonds. The number of fused-ring (bicyclic) bond motifs is 1. The maximum atomic E-state index is 11.1. The largest absolute Gasteiger partial charge is 0.340 e. The molecule has 0 fully saturated rings. The van der Waals surface area contributed by atoms with Gasteiger partial charge in [-0.1, -0.05) is 18.2 Å². The van der Waals surface area contributed by atoms with Crippen LogP contribution in [0.15, 0.2) is 53.8 Å². The molecule has 4 rings (SSSR count). The fraction of sp³-hybridized carbons (Fsp3) is 0.0667. The molecular weight excluding hydrogens is 280 g/mol. The minimum absolute atomic E-state index is 0.312. The summed E-state index contributed by atoms with van der Waals surface area (Å²) < 4.78 is 1.95. The molecule has 1 aromatic carbocycles. The molecule has 0 spiro atoms. The molecule has 22 heavy (non-hydrogen) atoms. The molecule has 0 unspecified atom stereocenters. The number of pyridine rings is 1. The molecule has 0 aliphatic carbocycles. The third-order valence-corrected chi connectivity index (χ3v) is 3.51. The number of aromatic nitrogens is 6. The van der Waals surface area contributed by atoms with E-state index >= 15 is 0 Å². The second-order valence-corrected chi connectivity index (χ2v) is 4.91. The minimum Gasteiger partial charge on any atom is -0.323 e. The molecule has 3 aromatic heterocycles. The Morgan fingerprint density at radius 2 is 2.14 bits per heavy atom. The monoisotopic (exact) mass is 292 g/mol. The van der Waals surface area contributed by atoms with E-state index < -0.39 is 0 Å². The number of hydrogen-bond donors (Lipinski definition) is 2. The molecule has 0 saturated carbocycles. The standard InChI is InChI=1S/C15H12N6O/c22-15-18-13(19-20-15)9-21-7-6-17-14(21)12-3-1-2-10-8-16-5-4-11(10)12/h1-8H,9H2,(H2,18,19,20,22). The Hall–Kier alpha value is -3.22. The Kier molecular flexibility index (Phi) is 2.82. The highest BCUT2D eigenvalue weighted by Gasteiger charge is 2.11. The van der Waals surface area contributed by atoms with Crippen molar-refractivity contribution in [2.45, 2.75) is 6.54 Å². The van der Waals surface area contributed by atoms with Crippen LogP contribution in [-0.4, -0.2) is 29.7 Å². The number of benzene rings is 1. The van der Waals surface area contributed by atoms with Crippen molar-refractivity contribution in [2.24, 2.45) is 0 Å². The minimum atomic E-state index is -0.312. The molecule has 108 valence electrons. The zero-order valence-corrected chi connectivity index (χ0v) is 11.5. The average Bonchev–Trinajstić information content (AvgIpc) is 3.16. The molecule has 0 radical (unpaired) electrons. The average molecular weight is 292 g/mol. The molecule has 3 heterocycles. The molecule has 7 nitrogen and oxygen atoms in total. The number of H-pyrrole nitrogens is 2. The Labute approximate surface area is 124 Å². The van der Waals surface area contributed by atoms with Crippen LogP contribution in [0.1, 0.15) is 5.82 Å². The SMILES string of the molecule is O=c1[nH]nc(Cn2ccnc2-c2cccc3cnccc23)[nH]1. The Morgan fingerprint density at radius 1 is 1.18 bits per heavy atom. The van der Waals surface area contributed by atoms with E-state index in [1.807, 2.05) is 41.2 Å². The van der Waals surface area contributed by atoms with Gasteiger partial charge in [0.15, 0.2) is 5.82 Å². The maximum Gasteiger partial charge on any atom is 0.340 e. The van der Waals surface area contributed by atoms with E-state index in [-0.39, 0.29) is 5.69 Å². The van der Waals surface area contributed by atoms with E-state index in [9.17, 15) is 4.79 Å². The first-order valence-electron chi connectivity index (χ1n) is 6.79. The third kappa shape index (κ3) is 2.08. The van der Waals surface area contributed by atoms with Crippen LogP contribution in [0.25, 0.3) is 22.2 Å². The third-order valence-electron chi connectivity index (χ3n) is 3.51. The van der Waals surface area contributed by atoms with Crippen LogP contribution in [0.2, 0.25) is 0 Å². The van der Waals surface area contributed by atoms with E-state index in [1.165, 1.54) is 0 Å². The van der Waals surface area contributed by atoms with Crippen molar-refractivity contribution in [3.05, 3.63) is 65.4 Å². The molecule has 4 aromatic rings. The number of rotatable bonds is 3. The molecule has 0 aliphatic rings. The van der Waals surface area contributed by atoms with Gasteiger partial charge in [0.05, 0.1) is 6.54 Å². The number of hydrogen-bond acceptors (Lipinski definition) is 4. The first-order chi connectivity index (χ1) is 10.8. The lowest BCUT2D eigenvalue weighted by atomic mass is 10.1. The molecular formula is C15H12N6O. The predicted octanol–water partition coefficient (Wildman–Crippen LogP) is 1.56. The van der Waals surface area contributed by atoms with Gasteiger partial charge in [0.1, 0.15) is 5.82 Å². The van der Waals surface area contributed by atoms with Crippen molar-refractivity contribution in [3.63, 3.8) is 0 Å². The summed E-state index contributed by atoms with van der Waals surface area (Å²) >= 11 is 0. The lowest BCUT2D eigenvalue weighted by Gasteiger charge is -2.08. The Bertz CT molecular complexity index is 991. The van der Waals surface area contributed by atoms with Crippen LogP contribution in [0, 0.1) is 0 Å². The highest BCUT2D eigenvalue weighted by molar-refractivity contribution is 5.94. The van der Waals surface area contributed by atoms with E-state index in [4.69, 9.17) is 0 Å². The first-order valence-corrected chi connectivity index (χ1v) is 6.79. The molecule has 2 N–H and O–H groups in total. The number of imidazole rings is 1. The van der Waals surface area contributed by atoms with Gasteiger partial charge < -0.3 is 4.57 Å². The van der Waals surface area contributed by atoms with Crippen LogP contribution >= 0.6 is 0 Å². The highest BCUT2D eigenvalue weighted by atomic mass is 16.1. The van der Waals surface area contributed by atoms with Gasteiger partial charge in [-0.25, -0.2) is 14.9 Å². The topological polar surface area (TPSA) is 92.2 Å². The quantitative estimate of drug-likeness (QED) is 0.599. The Morgan fingerprint density at radius 3 is 3.00 bits per heavy atom. The summed E-state index contributed by atoms with van der Waals surface area (Å²) in [6, 6.07) is 7.99. The smallest absolute Gasteiger partial charge is 0.323 e. The van der Waals surface area contributed by atoms with Crippen LogP contribution in [0.3, 0.4) is 0 Å². The van der Waals surface area contributed by atoms with Crippen molar-refractivity contribution in [3.8, 4) is 11.4 Å². The van der Waals surface area contributed by atoms with Crippen LogP contribution in [0.5, 0.6) is 0 Å². The Balaban J connectivity index is 1.83. The lowest BCUT2D eigenvalue weighted by molar-refractivity contribution is 0.755. The molecule has 0 bridgehead atoms. The summed E-state index contributed by atoms with van der Waals surface area (Å²) in [4.78, 5) is 22.4. The fourth-order valence-electron chi connectivity index (χ4n) is 2.54. The van der Waals surface area contributed by atoms with E-state index in [2.05, 4.69) is 25.1 Å². The lowest BCUT2D eigenvalue weighted by Crippen LogP contribution is -2.05. The molecule has 0 atom stereocenters. The van der Waals surface area contributed by atoms with Gasteiger partial charge in [-0.15, -0.1) is 0 Å². The second-order valence-electron chi connectivity index (χ2n) is 4.91. The first kappa shape index (κ1) is 12.5. The molecule has 0 saturated heterocycles. The summed E-state index contributed by atoms with van der Waals surface area (Å²) in [6.07, 6.45) is 7.20. The number of aromatic amines is 2. The molecule has 7 heteroatoms. The van der Waals surface area contributed by atoms with Crippen molar-refractivity contribution in [1.29, 1.82) is 0 Å². The van der Waals surface area contributed by atoms with Gasteiger partial charge in [-0.2, -0.15) is 5.10 Å². The van der Waals surface area contributed by atoms with Gasteiger partial charge in [0.25, 0.3) is 0 Å². The van der Waals surface area contributed by atoms with E-state index in [0.29, 0.717) is 12.4 Å². The second kappa shape index (κ2) is 4.96. The number of nitrogens with one attached hydrogen (secondary N) is 2. The van der Waals surface area contributed by atoms with Crippen LogP contribution < -0.4 is 5.69 Å². The van der Waals surface area contributed by atoms with E-state index in [0.717, 1.165) is 22.2 Å². The van der Waals surface area contributed by atoms with Gasteiger partial charge in [0, 0.05) is 35.7 Å². The zero-order chi connectivity index (χ0) is 14.9. The van der Waals surface area contributed by atoms with Gasteiger partial charge in [-0.3, -0.25) is 9.97 Å². The van der Waals surface area contributed by atoms with Gasteiger partial charge >= 0.3 is 5.69 Å². The normalized spacial score (nSPS) is 11.1. The van der Waals surface area contributed by atoms with Crippen molar-refractivity contribution in [2.75, 3.05) is 0 Å². The highest BCUT2D eigenvalue weighted by Crippen LogP contribution is 2.27. The van der Waals surface area contributed by atoms with Crippen molar-refractivity contribution >= 4 is 10.8 Å². The summed E-state index contributed by atoms with van der Waals surface area (Å²) in [5.74, 6) is 1.38. The summed E-state index contributed by atoms with van der Waals surface area (Å²) in [5.41, 5.74) is 0.704. The molecule has 0 aliphatic heterocycles. The summed E-state index contributed by atoms with van der Waals surface area (Å²) in [5, 5.41) is 8.44. The summed E-state index contributed by atoms with van der Waals surface area (Å²) in [7, 11) is 0. The van der Waals surface area contributed by atoms with Crippen molar-refractivity contribution < 1.29 is 0 Å².